The fraction of sp³-hybridized carbons (Fsp3) is 0.250. The lowest BCUT2D eigenvalue weighted by molar-refractivity contribution is 0.288. The number of nitrogens with zero attached hydrogens (tertiary/aromatic N) is 3. The first-order valence-electron chi connectivity index (χ1n) is 13.4. The zero-order valence-corrected chi connectivity index (χ0v) is 22.5. The summed E-state index contributed by atoms with van der Waals surface area (Å²) in [6.07, 6.45) is 4.26. The molecule has 1 N–H and O–H groups in total. The number of hydrogen-bond donors (Lipinski definition) is 1. The highest BCUT2D eigenvalue weighted by Crippen LogP contribution is 2.37. The molecule has 0 fully saturated rings. The van der Waals surface area contributed by atoms with Crippen LogP contribution in [0.25, 0.3) is 16.8 Å². The summed E-state index contributed by atoms with van der Waals surface area (Å²) >= 11 is 6.08. The second kappa shape index (κ2) is 10.8. The van der Waals surface area contributed by atoms with Gasteiger partial charge in [-0.1, -0.05) is 91.9 Å². The summed E-state index contributed by atoms with van der Waals surface area (Å²) in [5.74, 6) is 1.77. The molecule has 3 aromatic carbocycles. The van der Waals surface area contributed by atoms with Crippen LogP contribution in [0.15, 0.2) is 84.9 Å². The lowest BCUT2D eigenvalue weighted by Gasteiger charge is -2.12. The van der Waals surface area contributed by atoms with E-state index >= 15 is 0 Å². The summed E-state index contributed by atoms with van der Waals surface area (Å²) in [5.41, 5.74) is 8.35. The predicted octanol–water partition coefficient (Wildman–Crippen LogP) is 6.75. The Labute approximate surface area is 229 Å². The summed E-state index contributed by atoms with van der Waals surface area (Å²) in [5, 5.41) is 8.65. The van der Waals surface area contributed by atoms with Gasteiger partial charge in [-0.15, -0.1) is 5.10 Å². The van der Waals surface area contributed by atoms with Crippen LogP contribution < -0.4 is 10.1 Å². The Morgan fingerprint density at radius 2 is 1.66 bits per heavy atom. The van der Waals surface area contributed by atoms with Crippen molar-refractivity contribution in [3.63, 3.8) is 0 Å². The van der Waals surface area contributed by atoms with Crippen LogP contribution in [0.1, 0.15) is 48.0 Å². The highest BCUT2D eigenvalue weighted by molar-refractivity contribution is 7.80. The lowest BCUT2D eigenvalue weighted by Crippen LogP contribution is -2.24. The van der Waals surface area contributed by atoms with Crippen LogP contribution in [0.2, 0.25) is 0 Å². The monoisotopic (exact) mass is 520 g/mol. The first kappa shape index (κ1) is 24.4. The van der Waals surface area contributed by atoms with Gasteiger partial charge >= 0.3 is 0 Å². The van der Waals surface area contributed by atoms with Crippen LogP contribution in [-0.4, -0.2) is 19.2 Å². The molecule has 3 heterocycles. The average Bonchev–Trinajstić information content (AvgIpc) is 3.37. The maximum Gasteiger partial charge on any atom is 0.169 e. The van der Waals surface area contributed by atoms with E-state index in [2.05, 4.69) is 69.9 Å². The maximum absolute atomic E-state index is 6.14. The highest BCUT2D eigenvalue weighted by Gasteiger charge is 2.29. The molecule has 0 radical (unpaired) electrons. The number of ether oxygens (including phenoxy) is 1. The van der Waals surface area contributed by atoms with Gasteiger partial charge in [-0.2, -0.15) is 0 Å². The molecule has 0 spiro atoms. The van der Waals surface area contributed by atoms with Crippen molar-refractivity contribution < 1.29 is 4.74 Å². The number of thiocarbonyl (C=S) groups is 1. The van der Waals surface area contributed by atoms with Crippen LogP contribution in [0.3, 0.4) is 0 Å². The number of aromatic nitrogens is 3. The molecular weight excluding hydrogens is 488 g/mol. The van der Waals surface area contributed by atoms with Gasteiger partial charge in [0, 0.05) is 24.2 Å². The third-order valence-corrected chi connectivity index (χ3v) is 7.67. The minimum Gasteiger partial charge on any atom is -0.486 e. The molecule has 192 valence electrons. The van der Waals surface area contributed by atoms with E-state index in [1.54, 1.807) is 0 Å². The Bertz CT molecular complexity index is 1550. The summed E-state index contributed by atoms with van der Waals surface area (Å²) in [4.78, 5) is 0.713. The number of benzene rings is 3. The number of aryl methyl sites for hydroxylation is 3. The molecule has 0 unspecified atom stereocenters. The van der Waals surface area contributed by atoms with E-state index in [1.807, 2.05) is 36.4 Å². The molecule has 0 saturated heterocycles. The molecule has 5 aromatic rings. The molecule has 0 bridgehead atoms. The minimum absolute atomic E-state index is 0.412. The van der Waals surface area contributed by atoms with E-state index in [0.717, 1.165) is 55.1 Å². The number of nitrogens with one attached hydrogen (secondary N) is 1. The molecule has 0 atom stereocenters. The third-order valence-electron chi connectivity index (χ3n) is 7.34. The van der Waals surface area contributed by atoms with E-state index in [1.165, 1.54) is 27.8 Å². The predicted molar refractivity (Wildman–Crippen MR) is 157 cm³/mol. The Kier molecular flexibility index (Phi) is 6.97. The fourth-order valence-corrected chi connectivity index (χ4v) is 5.63. The molecule has 6 heteroatoms. The normalized spacial score (nSPS) is 12.9. The SMILES string of the molecule is CCc1ccc(-c2c3c4n(c(COc5ccccc5)nn4c2C(=S)NCc2ccccc2)CCCC3)cc1. The van der Waals surface area contributed by atoms with Crippen molar-refractivity contribution in [2.45, 2.75) is 52.3 Å². The van der Waals surface area contributed by atoms with E-state index in [0.29, 0.717) is 18.1 Å². The molecule has 1 aliphatic heterocycles. The van der Waals surface area contributed by atoms with Gasteiger partial charge in [0.2, 0.25) is 0 Å². The second-order valence-corrected chi connectivity index (χ2v) is 10.2. The molecule has 1 aliphatic rings. The van der Waals surface area contributed by atoms with Gasteiger partial charge in [0.15, 0.2) is 5.82 Å². The van der Waals surface area contributed by atoms with Gasteiger partial charge in [0.05, 0.1) is 0 Å². The van der Waals surface area contributed by atoms with Crippen molar-refractivity contribution in [2.75, 3.05) is 0 Å². The van der Waals surface area contributed by atoms with E-state index in [9.17, 15) is 0 Å². The van der Waals surface area contributed by atoms with Crippen molar-refractivity contribution in [3.8, 4) is 16.9 Å². The van der Waals surface area contributed by atoms with E-state index in [-0.39, 0.29) is 0 Å². The molecule has 0 saturated carbocycles. The molecule has 0 amide bonds. The first-order chi connectivity index (χ1) is 18.7. The third kappa shape index (κ3) is 4.72. The summed E-state index contributed by atoms with van der Waals surface area (Å²) in [7, 11) is 0. The van der Waals surface area contributed by atoms with Crippen LogP contribution in [0.4, 0.5) is 0 Å². The smallest absolute Gasteiger partial charge is 0.169 e. The largest absolute Gasteiger partial charge is 0.486 e. The number of hydrogen-bond acceptors (Lipinski definition) is 3. The first-order valence-corrected chi connectivity index (χ1v) is 13.9. The molecule has 6 rings (SSSR count). The highest BCUT2D eigenvalue weighted by atomic mass is 32.1. The van der Waals surface area contributed by atoms with Crippen molar-refractivity contribution >= 4 is 22.9 Å². The van der Waals surface area contributed by atoms with Crippen molar-refractivity contribution in [1.82, 2.24) is 19.5 Å². The number of para-hydroxylation sites is 1. The summed E-state index contributed by atoms with van der Waals surface area (Å²) in [6.45, 7) is 4.19. The maximum atomic E-state index is 6.14. The number of rotatable bonds is 8. The second-order valence-electron chi connectivity index (χ2n) is 9.78. The van der Waals surface area contributed by atoms with Gasteiger partial charge in [0.25, 0.3) is 0 Å². The minimum atomic E-state index is 0.412. The topological polar surface area (TPSA) is 43.5 Å². The van der Waals surface area contributed by atoms with E-state index in [4.69, 9.17) is 22.1 Å². The van der Waals surface area contributed by atoms with Crippen molar-refractivity contribution in [1.29, 1.82) is 0 Å². The lowest BCUT2D eigenvalue weighted by atomic mass is 9.96. The molecular formula is C32H32N4OS. The van der Waals surface area contributed by atoms with Crippen molar-refractivity contribution in [3.05, 3.63) is 113 Å². The van der Waals surface area contributed by atoms with Crippen LogP contribution >= 0.6 is 12.2 Å². The quantitative estimate of drug-likeness (QED) is 0.230. The molecule has 2 aromatic heterocycles. The van der Waals surface area contributed by atoms with Crippen molar-refractivity contribution in [2.24, 2.45) is 0 Å². The van der Waals surface area contributed by atoms with Crippen LogP contribution in [-0.2, 0) is 32.5 Å². The Morgan fingerprint density at radius 1 is 0.921 bits per heavy atom. The van der Waals surface area contributed by atoms with E-state index < -0.39 is 0 Å². The molecule has 5 nitrogen and oxygen atoms in total. The van der Waals surface area contributed by atoms with Crippen LogP contribution in [0.5, 0.6) is 5.75 Å². The van der Waals surface area contributed by atoms with Gasteiger partial charge in [-0.25, -0.2) is 4.52 Å². The average molecular weight is 521 g/mol. The summed E-state index contributed by atoms with van der Waals surface area (Å²) in [6, 6.07) is 29.3. The molecule has 38 heavy (non-hydrogen) atoms. The fourth-order valence-electron chi connectivity index (χ4n) is 5.37. The Morgan fingerprint density at radius 3 is 2.39 bits per heavy atom. The zero-order valence-electron chi connectivity index (χ0n) is 21.7. The Balaban J connectivity index is 1.45. The van der Waals surface area contributed by atoms with Gasteiger partial charge in [-0.05, 0) is 54.5 Å². The summed E-state index contributed by atoms with van der Waals surface area (Å²) < 4.78 is 10.6. The van der Waals surface area contributed by atoms with Crippen LogP contribution in [0, 0.1) is 0 Å². The standard InChI is InChI=1S/C32H32N4OS/c1-2-23-16-18-25(19-17-23)29-27-15-9-10-20-35-28(22-37-26-13-7-4-8-14-26)34-36(32(27)35)30(29)31(38)33-21-24-11-5-3-6-12-24/h3-8,11-14,16-19H,2,9-10,15,20-22H2,1H3,(H,33,38). The van der Waals surface area contributed by atoms with Gasteiger partial charge in [-0.3, -0.25) is 0 Å². The van der Waals surface area contributed by atoms with Gasteiger partial charge < -0.3 is 14.6 Å². The zero-order chi connectivity index (χ0) is 25.9. The Hall–Kier alpha value is -3.90. The molecule has 0 aliphatic carbocycles. The van der Waals surface area contributed by atoms with Gasteiger partial charge in [0.1, 0.15) is 28.7 Å².